The number of halogens is 1. The third-order valence-electron chi connectivity index (χ3n) is 4.26. The molecule has 1 aromatic rings. The number of nitrogens with zero attached hydrogens (tertiary/aromatic N) is 2. The molecule has 0 heterocycles. The van der Waals surface area contributed by atoms with Gasteiger partial charge in [-0.3, -0.25) is 4.99 Å². The van der Waals surface area contributed by atoms with E-state index in [1.165, 1.54) is 32.1 Å². The normalized spacial score (nSPS) is 15.1. The topological polar surface area (TPSA) is 69.4 Å². The molecule has 2 N–H and O–H groups in total. The second-order valence-electron chi connectivity index (χ2n) is 6.15. The van der Waals surface area contributed by atoms with E-state index in [9.17, 15) is 0 Å². The highest BCUT2D eigenvalue weighted by Crippen LogP contribution is 2.20. The quantitative estimate of drug-likeness (QED) is 0.285. The first kappa shape index (κ1) is 21.7. The Hall–Kier alpha value is -1.33. The van der Waals surface area contributed by atoms with Crippen LogP contribution in [-0.2, 0) is 11.3 Å². The predicted molar refractivity (Wildman–Crippen MR) is 112 cm³/mol. The molecule has 1 aliphatic carbocycles. The number of ether oxygens (including phenoxy) is 1. The van der Waals surface area contributed by atoms with Crippen molar-refractivity contribution in [3.63, 3.8) is 0 Å². The molecule has 0 amide bonds. The molecule has 0 atom stereocenters. The second-order valence-corrected chi connectivity index (χ2v) is 6.15. The zero-order valence-corrected chi connectivity index (χ0v) is 17.3. The van der Waals surface area contributed by atoms with Gasteiger partial charge in [-0.1, -0.05) is 31.4 Å². The van der Waals surface area contributed by atoms with Gasteiger partial charge in [-0.25, -0.2) is 0 Å². The molecule has 0 spiro atoms. The summed E-state index contributed by atoms with van der Waals surface area (Å²) in [5.74, 6) is 0.773. The molecule has 0 saturated heterocycles. The lowest BCUT2D eigenvalue weighted by Gasteiger charge is -2.22. The number of nitriles is 1. The molecule has 0 radical (unpaired) electrons. The van der Waals surface area contributed by atoms with Gasteiger partial charge in [0.2, 0.25) is 0 Å². The Labute approximate surface area is 168 Å². The molecular formula is C19H29IN4O. The van der Waals surface area contributed by atoms with Crippen molar-refractivity contribution in [2.75, 3.05) is 20.2 Å². The molecular weight excluding hydrogens is 427 g/mol. The summed E-state index contributed by atoms with van der Waals surface area (Å²) in [7, 11) is 1.76. The Morgan fingerprint density at radius 2 is 2.08 bits per heavy atom. The first-order valence-corrected chi connectivity index (χ1v) is 8.87. The van der Waals surface area contributed by atoms with Crippen LogP contribution in [0.3, 0.4) is 0 Å². The van der Waals surface area contributed by atoms with Gasteiger partial charge in [0.25, 0.3) is 0 Å². The summed E-state index contributed by atoms with van der Waals surface area (Å²) in [5, 5.41) is 15.5. The van der Waals surface area contributed by atoms with Crippen LogP contribution in [0.4, 0.5) is 0 Å². The van der Waals surface area contributed by atoms with E-state index >= 15 is 0 Å². The average molecular weight is 456 g/mol. The highest BCUT2D eigenvalue weighted by molar-refractivity contribution is 14.0. The third-order valence-corrected chi connectivity index (χ3v) is 4.26. The lowest BCUT2D eigenvalue weighted by atomic mass is 9.98. The fourth-order valence-corrected chi connectivity index (χ4v) is 2.92. The van der Waals surface area contributed by atoms with Crippen molar-refractivity contribution < 1.29 is 4.74 Å². The van der Waals surface area contributed by atoms with Gasteiger partial charge in [0, 0.05) is 26.7 Å². The summed E-state index contributed by atoms with van der Waals surface area (Å²) in [6.07, 6.45) is 7.88. The Bertz CT molecular complexity index is 565. The van der Waals surface area contributed by atoms with Crippen LogP contribution in [-0.4, -0.2) is 32.3 Å². The molecule has 25 heavy (non-hydrogen) atoms. The molecule has 1 aliphatic rings. The van der Waals surface area contributed by atoms with Crippen LogP contribution in [0.25, 0.3) is 0 Å². The molecule has 1 aromatic carbocycles. The molecule has 0 aromatic heterocycles. The van der Waals surface area contributed by atoms with Gasteiger partial charge in [0.15, 0.2) is 5.96 Å². The predicted octanol–water partition coefficient (Wildman–Crippen LogP) is 3.58. The van der Waals surface area contributed by atoms with Crippen LogP contribution >= 0.6 is 24.0 Å². The highest BCUT2D eigenvalue weighted by atomic mass is 127. The van der Waals surface area contributed by atoms with E-state index in [0.29, 0.717) is 18.2 Å². The minimum absolute atomic E-state index is 0. The van der Waals surface area contributed by atoms with Crippen molar-refractivity contribution in [3.8, 4) is 6.07 Å². The van der Waals surface area contributed by atoms with Crippen LogP contribution in [0.5, 0.6) is 0 Å². The number of nitrogens with one attached hydrogen (secondary N) is 2. The van der Waals surface area contributed by atoms with Crippen LogP contribution < -0.4 is 10.6 Å². The lowest BCUT2D eigenvalue weighted by Crippen LogP contribution is -2.37. The monoisotopic (exact) mass is 456 g/mol. The largest absolute Gasteiger partial charge is 0.378 e. The van der Waals surface area contributed by atoms with E-state index in [1.54, 1.807) is 7.05 Å². The van der Waals surface area contributed by atoms with Crippen LogP contribution in [0, 0.1) is 11.3 Å². The number of hydrogen-bond acceptors (Lipinski definition) is 3. The van der Waals surface area contributed by atoms with Crippen molar-refractivity contribution in [2.45, 2.75) is 51.2 Å². The summed E-state index contributed by atoms with van der Waals surface area (Å²) in [4.78, 5) is 4.22. The molecule has 2 rings (SSSR count). The molecule has 6 heteroatoms. The standard InChI is InChI=1S/C19H28N4O.HI/c1-21-19(23-15-17-8-5-7-16(13-17)14-20)22-11-6-12-24-18-9-3-2-4-10-18;/h5,7-8,13,18H,2-4,6,9-12,15H2,1H3,(H2,21,22,23);1H. The number of rotatable bonds is 7. The molecule has 0 aliphatic heterocycles. The molecule has 1 fully saturated rings. The molecule has 138 valence electrons. The van der Waals surface area contributed by atoms with Gasteiger partial charge in [-0.05, 0) is 37.0 Å². The van der Waals surface area contributed by atoms with Crippen LogP contribution in [0.2, 0.25) is 0 Å². The first-order valence-electron chi connectivity index (χ1n) is 8.87. The number of hydrogen-bond donors (Lipinski definition) is 2. The average Bonchev–Trinajstić information content (AvgIpc) is 2.65. The van der Waals surface area contributed by atoms with Crippen LogP contribution in [0.1, 0.15) is 49.7 Å². The Kier molecular flexibility index (Phi) is 11.2. The summed E-state index contributed by atoms with van der Waals surface area (Å²) < 4.78 is 5.92. The lowest BCUT2D eigenvalue weighted by molar-refractivity contribution is 0.0277. The zero-order valence-electron chi connectivity index (χ0n) is 15.0. The third kappa shape index (κ3) is 8.54. The van der Waals surface area contributed by atoms with Gasteiger partial charge in [-0.15, -0.1) is 24.0 Å². The molecule has 0 bridgehead atoms. The molecule has 1 saturated carbocycles. The number of aliphatic imine (C=N–C) groups is 1. The number of benzene rings is 1. The summed E-state index contributed by atoms with van der Waals surface area (Å²) in [6, 6.07) is 9.75. The van der Waals surface area contributed by atoms with E-state index in [0.717, 1.165) is 31.1 Å². The first-order chi connectivity index (χ1) is 11.8. The minimum atomic E-state index is 0. The van der Waals surface area contributed by atoms with Gasteiger partial charge in [0.1, 0.15) is 0 Å². The van der Waals surface area contributed by atoms with E-state index in [-0.39, 0.29) is 24.0 Å². The maximum Gasteiger partial charge on any atom is 0.191 e. The Morgan fingerprint density at radius 3 is 2.80 bits per heavy atom. The van der Waals surface area contributed by atoms with Gasteiger partial charge >= 0.3 is 0 Å². The Morgan fingerprint density at radius 1 is 1.28 bits per heavy atom. The maximum atomic E-state index is 8.93. The highest BCUT2D eigenvalue weighted by Gasteiger charge is 2.12. The van der Waals surface area contributed by atoms with E-state index < -0.39 is 0 Å². The van der Waals surface area contributed by atoms with Crippen molar-refractivity contribution >= 4 is 29.9 Å². The fourth-order valence-electron chi connectivity index (χ4n) is 2.92. The fraction of sp³-hybridized carbons (Fsp3) is 0.579. The van der Waals surface area contributed by atoms with Gasteiger partial charge < -0.3 is 15.4 Å². The SMILES string of the molecule is CN=C(NCCCOC1CCCCC1)NCc1cccc(C#N)c1.I. The second kappa shape index (κ2) is 13.0. The zero-order chi connectivity index (χ0) is 17.0. The van der Waals surface area contributed by atoms with Crippen molar-refractivity contribution in [2.24, 2.45) is 4.99 Å². The maximum absolute atomic E-state index is 8.93. The number of guanidine groups is 1. The van der Waals surface area contributed by atoms with Gasteiger partial charge in [0.05, 0.1) is 17.7 Å². The smallest absolute Gasteiger partial charge is 0.191 e. The van der Waals surface area contributed by atoms with Crippen molar-refractivity contribution in [1.82, 2.24) is 10.6 Å². The van der Waals surface area contributed by atoms with Crippen molar-refractivity contribution in [3.05, 3.63) is 35.4 Å². The molecule has 0 unspecified atom stereocenters. The van der Waals surface area contributed by atoms with Crippen LogP contribution in [0.15, 0.2) is 29.3 Å². The molecule has 5 nitrogen and oxygen atoms in total. The van der Waals surface area contributed by atoms with E-state index in [2.05, 4.69) is 21.7 Å². The Balaban J connectivity index is 0.00000312. The minimum Gasteiger partial charge on any atom is -0.378 e. The van der Waals surface area contributed by atoms with E-state index in [4.69, 9.17) is 10.00 Å². The van der Waals surface area contributed by atoms with Crippen molar-refractivity contribution in [1.29, 1.82) is 5.26 Å². The summed E-state index contributed by atoms with van der Waals surface area (Å²) in [5.41, 5.74) is 1.75. The van der Waals surface area contributed by atoms with E-state index in [1.807, 2.05) is 24.3 Å². The van der Waals surface area contributed by atoms with Gasteiger partial charge in [-0.2, -0.15) is 5.26 Å². The summed E-state index contributed by atoms with van der Waals surface area (Å²) >= 11 is 0. The summed E-state index contributed by atoms with van der Waals surface area (Å²) in [6.45, 7) is 2.29.